The first-order chi connectivity index (χ1) is 6.42. The molecule has 1 amide bonds. The number of hydrogen-bond acceptors (Lipinski definition) is 3. The summed E-state index contributed by atoms with van der Waals surface area (Å²) in [6, 6.07) is 0. The van der Waals surface area contributed by atoms with Gasteiger partial charge in [-0.05, 0) is 45.6 Å². The number of rotatable bonds is 3. The Morgan fingerprint density at radius 3 is 2.57 bits per heavy atom. The Morgan fingerprint density at radius 1 is 1.50 bits per heavy atom. The molecule has 0 heterocycles. The topological polar surface area (TPSA) is 64.3 Å². The van der Waals surface area contributed by atoms with Crippen LogP contribution in [0.4, 0.5) is 4.79 Å². The van der Waals surface area contributed by atoms with Crippen molar-refractivity contribution >= 4 is 6.09 Å². The van der Waals surface area contributed by atoms with Crippen molar-refractivity contribution in [1.29, 1.82) is 0 Å². The van der Waals surface area contributed by atoms with Crippen molar-refractivity contribution in [2.75, 3.05) is 13.1 Å². The second kappa shape index (κ2) is 4.17. The molecule has 0 aromatic heterocycles. The number of carbonyl (C=O) groups is 1. The monoisotopic (exact) mass is 200 g/mol. The number of nitrogens with two attached hydrogens (primary N) is 1. The van der Waals surface area contributed by atoms with Gasteiger partial charge in [0, 0.05) is 6.54 Å². The molecule has 1 saturated carbocycles. The van der Waals surface area contributed by atoms with Crippen LogP contribution in [0.5, 0.6) is 0 Å². The number of nitrogens with one attached hydrogen (secondary N) is 1. The molecule has 1 aliphatic rings. The highest BCUT2D eigenvalue weighted by atomic mass is 16.6. The fourth-order valence-corrected chi connectivity index (χ4v) is 1.38. The molecule has 82 valence electrons. The number of alkyl carbamates (subject to hydrolysis) is 1. The Hall–Kier alpha value is -0.770. The number of ether oxygens (including phenoxy) is 1. The SMILES string of the molecule is CC(C)(C)OC(=O)NC[C@@H]1C[C@@H]1CN. The van der Waals surface area contributed by atoms with E-state index in [1.807, 2.05) is 20.8 Å². The van der Waals surface area contributed by atoms with Gasteiger partial charge in [-0.15, -0.1) is 0 Å². The largest absolute Gasteiger partial charge is 0.444 e. The van der Waals surface area contributed by atoms with E-state index in [9.17, 15) is 4.79 Å². The number of hydrogen-bond donors (Lipinski definition) is 2. The zero-order valence-electron chi connectivity index (χ0n) is 9.17. The Morgan fingerprint density at radius 2 is 2.14 bits per heavy atom. The molecule has 0 aromatic rings. The third-order valence-corrected chi connectivity index (χ3v) is 2.28. The van der Waals surface area contributed by atoms with E-state index < -0.39 is 5.60 Å². The van der Waals surface area contributed by atoms with Crippen molar-refractivity contribution in [2.24, 2.45) is 17.6 Å². The number of carbonyl (C=O) groups excluding carboxylic acids is 1. The van der Waals surface area contributed by atoms with Gasteiger partial charge in [0.2, 0.25) is 0 Å². The fourth-order valence-electron chi connectivity index (χ4n) is 1.38. The average molecular weight is 200 g/mol. The molecule has 0 saturated heterocycles. The van der Waals surface area contributed by atoms with Crippen molar-refractivity contribution in [2.45, 2.75) is 32.8 Å². The second-order valence-corrected chi connectivity index (χ2v) is 4.87. The van der Waals surface area contributed by atoms with Crippen LogP contribution in [0.15, 0.2) is 0 Å². The van der Waals surface area contributed by atoms with E-state index in [2.05, 4.69) is 5.32 Å². The third-order valence-electron chi connectivity index (χ3n) is 2.28. The Kier molecular flexibility index (Phi) is 3.37. The summed E-state index contributed by atoms with van der Waals surface area (Å²) in [5, 5.41) is 2.75. The first-order valence-electron chi connectivity index (χ1n) is 5.09. The van der Waals surface area contributed by atoms with Gasteiger partial charge in [0.25, 0.3) is 0 Å². The van der Waals surface area contributed by atoms with Crippen molar-refractivity contribution in [1.82, 2.24) is 5.32 Å². The summed E-state index contributed by atoms with van der Waals surface area (Å²) in [6.45, 7) is 6.97. The smallest absolute Gasteiger partial charge is 0.407 e. The molecular formula is C10H20N2O2. The van der Waals surface area contributed by atoms with E-state index in [-0.39, 0.29) is 6.09 Å². The zero-order valence-corrected chi connectivity index (χ0v) is 9.17. The van der Waals surface area contributed by atoms with Gasteiger partial charge in [-0.1, -0.05) is 0 Å². The minimum absolute atomic E-state index is 0.333. The van der Waals surface area contributed by atoms with Gasteiger partial charge in [-0.2, -0.15) is 0 Å². The van der Waals surface area contributed by atoms with Crippen LogP contribution in [-0.2, 0) is 4.74 Å². The maximum Gasteiger partial charge on any atom is 0.407 e. The van der Waals surface area contributed by atoms with Crippen LogP contribution in [0, 0.1) is 11.8 Å². The van der Waals surface area contributed by atoms with Gasteiger partial charge in [-0.3, -0.25) is 0 Å². The Labute approximate surface area is 85.2 Å². The van der Waals surface area contributed by atoms with Gasteiger partial charge in [0.1, 0.15) is 5.60 Å². The molecule has 14 heavy (non-hydrogen) atoms. The summed E-state index contributed by atoms with van der Waals surface area (Å²) in [5.41, 5.74) is 5.07. The van der Waals surface area contributed by atoms with Crippen LogP contribution < -0.4 is 11.1 Å². The molecule has 1 aliphatic carbocycles. The summed E-state index contributed by atoms with van der Waals surface area (Å²) in [4.78, 5) is 11.2. The van der Waals surface area contributed by atoms with Crippen LogP contribution in [0.25, 0.3) is 0 Å². The van der Waals surface area contributed by atoms with Gasteiger partial charge >= 0.3 is 6.09 Å². The molecule has 0 aliphatic heterocycles. The zero-order chi connectivity index (χ0) is 10.8. The van der Waals surface area contributed by atoms with Crippen molar-refractivity contribution < 1.29 is 9.53 Å². The molecule has 0 spiro atoms. The highest BCUT2D eigenvalue weighted by Gasteiger charge is 2.35. The van der Waals surface area contributed by atoms with E-state index >= 15 is 0 Å². The molecule has 0 radical (unpaired) electrons. The minimum Gasteiger partial charge on any atom is -0.444 e. The highest BCUT2D eigenvalue weighted by molar-refractivity contribution is 5.67. The van der Waals surface area contributed by atoms with E-state index in [4.69, 9.17) is 10.5 Å². The third kappa shape index (κ3) is 3.96. The summed E-state index contributed by atoms with van der Waals surface area (Å²) in [6.07, 6.45) is 0.798. The van der Waals surface area contributed by atoms with Gasteiger partial charge < -0.3 is 15.8 Å². The first kappa shape index (κ1) is 11.3. The molecule has 0 aromatic carbocycles. The summed E-state index contributed by atoms with van der Waals surface area (Å²) < 4.78 is 5.10. The average Bonchev–Trinajstić information content (AvgIpc) is 2.76. The highest BCUT2D eigenvalue weighted by Crippen LogP contribution is 2.36. The van der Waals surface area contributed by atoms with Crippen LogP contribution in [0.1, 0.15) is 27.2 Å². The summed E-state index contributed by atoms with van der Waals surface area (Å²) >= 11 is 0. The number of amides is 1. The lowest BCUT2D eigenvalue weighted by atomic mass is 10.2. The van der Waals surface area contributed by atoms with Crippen molar-refractivity contribution in [3.63, 3.8) is 0 Å². The second-order valence-electron chi connectivity index (χ2n) is 4.87. The predicted octanol–water partition coefficient (Wildman–Crippen LogP) is 1.11. The normalized spacial score (nSPS) is 25.7. The fraction of sp³-hybridized carbons (Fsp3) is 0.900. The molecule has 1 fully saturated rings. The van der Waals surface area contributed by atoms with Gasteiger partial charge in [-0.25, -0.2) is 4.79 Å². The molecule has 0 unspecified atom stereocenters. The van der Waals surface area contributed by atoms with E-state index in [1.165, 1.54) is 0 Å². The quantitative estimate of drug-likeness (QED) is 0.717. The molecule has 0 bridgehead atoms. The molecule has 1 rings (SSSR count). The van der Waals surface area contributed by atoms with Crippen molar-refractivity contribution in [3.05, 3.63) is 0 Å². The first-order valence-corrected chi connectivity index (χ1v) is 5.09. The van der Waals surface area contributed by atoms with E-state index in [1.54, 1.807) is 0 Å². The Bertz CT molecular complexity index is 211. The summed E-state index contributed by atoms with van der Waals surface area (Å²) in [7, 11) is 0. The molecular weight excluding hydrogens is 180 g/mol. The summed E-state index contributed by atoms with van der Waals surface area (Å²) in [5.74, 6) is 1.16. The predicted molar refractivity (Wildman–Crippen MR) is 54.9 cm³/mol. The van der Waals surface area contributed by atoms with Crippen LogP contribution >= 0.6 is 0 Å². The lowest BCUT2D eigenvalue weighted by molar-refractivity contribution is 0.0524. The minimum atomic E-state index is -0.416. The van der Waals surface area contributed by atoms with Crippen molar-refractivity contribution in [3.8, 4) is 0 Å². The standard InChI is InChI=1S/C10H20N2O2/c1-10(2,3)14-9(13)12-6-8-4-7(8)5-11/h7-8H,4-6,11H2,1-3H3,(H,12,13)/t7-,8+/m1/s1. The molecule has 4 nitrogen and oxygen atoms in total. The Balaban J connectivity index is 2.10. The maximum atomic E-state index is 11.2. The molecule has 3 N–H and O–H groups in total. The van der Waals surface area contributed by atoms with Crippen LogP contribution in [-0.4, -0.2) is 24.8 Å². The van der Waals surface area contributed by atoms with Crippen LogP contribution in [0.2, 0.25) is 0 Å². The molecule has 4 heteroatoms. The lowest BCUT2D eigenvalue weighted by Crippen LogP contribution is -2.33. The lowest BCUT2D eigenvalue weighted by Gasteiger charge is -2.19. The van der Waals surface area contributed by atoms with Crippen LogP contribution in [0.3, 0.4) is 0 Å². The van der Waals surface area contributed by atoms with E-state index in [0.717, 1.165) is 13.0 Å². The molecule has 2 atom stereocenters. The maximum absolute atomic E-state index is 11.2. The van der Waals surface area contributed by atoms with Gasteiger partial charge in [0.05, 0.1) is 0 Å². The van der Waals surface area contributed by atoms with E-state index in [0.29, 0.717) is 18.4 Å². The van der Waals surface area contributed by atoms with Gasteiger partial charge in [0.15, 0.2) is 0 Å².